The molecule has 1 atom stereocenters. The molecule has 1 aliphatic rings. The normalized spacial score (nSPS) is 13.5. The fourth-order valence-corrected chi connectivity index (χ4v) is 1.69. The third-order valence-electron chi connectivity index (χ3n) is 2.82. The molecule has 108 valence electrons. The average molecular weight is 280 g/mol. The van der Waals surface area contributed by atoms with E-state index in [9.17, 15) is 9.59 Å². The summed E-state index contributed by atoms with van der Waals surface area (Å²) >= 11 is 0. The van der Waals surface area contributed by atoms with E-state index in [0.29, 0.717) is 18.0 Å². The summed E-state index contributed by atoms with van der Waals surface area (Å²) in [5.41, 5.74) is 0.882. The van der Waals surface area contributed by atoms with E-state index >= 15 is 0 Å². The minimum absolute atomic E-state index is 0.214. The Morgan fingerprint density at radius 2 is 2.10 bits per heavy atom. The summed E-state index contributed by atoms with van der Waals surface area (Å²) in [5.74, 6) is 1.06. The molecule has 2 N–H and O–H groups in total. The predicted molar refractivity (Wildman–Crippen MR) is 69.4 cm³/mol. The van der Waals surface area contributed by atoms with Crippen LogP contribution in [-0.2, 0) is 16.1 Å². The minimum atomic E-state index is -0.670. The Morgan fingerprint density at radius 1 is 1.35 bits per heavy atom. The van der Waals surface area contributed by atoms with Gasteiger partial charge in [-0.3, -0.25) is 4.79 Å². The first-order valence-corrected chi connectivity index (χ1v) is 6.11. The lowest BCUT2D eigenvalue weighted by molar-refractivity contribution is -0.122. The number of fused-ring (bicyclic) bond motifs is 1. The van der Waals surface area contributed by atoms with Gasteiger partial charge in [-0.05, 0) is 24.6 Å². The monoisotopic (exact) mass is 280 g/mol. The largest absolute Gasteiger partial charge is 0.454 e. The summed E-state index contributed by atoms with van der Waals surface area (Å²) in [5, 5.41) is 5.10. The van der Waals surface area contributed by atoms with Crippen molar-refractivity contribution in [3.63, 3.8) is 0 Å². The van der Waals surface area contributed by atoms with Gasteiger partial charge in [0, 0.05) is 6.54 Å². The molecule has 2 amide bonds. The van der Waals surface area contributed by atoms with Crippen molar-refractivity contribution >= 4 is 12.0 Å². The standard InChI is InChI=1S/C13H16N2O5/c1-8(15-13(17)18-2)12(16)14-6-9-3-4-10-11(5-9)20-7-19-10/h3-5,8H,6-7H2,1-2H3,(H,14,16)(H,15,17)/t8-/m0/s1. The van der Waals surface area contributed by atoms with E-state index in [4.69, 9.17) is 9.47 Å². The van der Waals surface area contributed by atoms with E-state index < -0.39 is 12.1 Å². The number of alkyl carbamates (subject to hydrolysis) is 1. The summed E-state index contributed by atoms with van der Waals surface area (Å²) in [4.78, 5) is 22.7. The summed E-state index contributed by atoms with van der Waals surface area (Å²) in [6.45, 7) is 2.12. The lowest BCUT2D eigenvalue weighted by Crippen LogP contribution is -2.44. The molecule has 1 heterocycles. The van der Waals surface area contributed by atoms with Crippen molar-refractivity contribution in [1.29, 1.82) is 0 Å². The summed E-state index contributed by atoms with van der Waals surface area (Å²) in [6.07, 6.45) is -0.643. The van der Waals surface area contributed by atoms with Crippen molar-refractivity contribution in [2.45, 2.75) is 19.5 Å². The molecule has 0 radical (unpaired) electrons. The highest BCUT2D eigenvalue weighted by Crippen LogP contribution is 2.32. The van der Waals surface area contributed by atoms with Crippen LogP contribution in [0, 0.1) is 0 Å². The van der Waals surface area contributed by atoms with Crippen LogP contribution in [0.3, 0.4) is 0 Å². The first-order chi connectivity index (χ1) is 9.60. The quantitative estimate of drug-likeness (QED) is 0.851. The van der Waals surface area contributed by atoms with Crippen LogP contribution in [0.15, 0.2) is 18.2 Å². The van der Waals surface area contributed by atoms with Crippen LogP contribution in [0.5, 0.6) is 11.5 Å². The van der Waals surface area contributed by atoms with E-state index in [2.05, 4.69) is 15.4 Å². The van der Waals surface area contributed by atoms with Gasteiger partial charge in [-0.15, -0.1) is 0 Å². The second kappa shape index (κ2) is 6.14. The van der Waals surface area contributed by atoms with Gasteiger partial charge < -0.3 is 24.8 Å². The molecule has 0 spiro atoms. The Bertz CT molecular complexity index is 517. The minimum Gasteiger partial charge on any atom is -0.454 e. The summed E-state index contributed by atoms with van der Waals surface area (Å²) in [6, 6.07) is 4.77. The van der Waals surface area contributed by atoms with Crippen molar-refractivity contribution < 1.29 is 23.8 Å². The molecule has 1 aliphatic heterocycles. The molecular weight excluding hydrogens is 264 g/mol. The number of carbonyl (C=O) groups excluding carboxylic acids is 2. The van der Waals surface area contributed by atoms with E-state index in [0.717, 1.165) is 5.56 Å². The molecule has 20 heavy (non-hydrogen) atoms. The molecule has 7 nitrogen and oxygen atoms in total. The molecule has 0 saturated heterocycles. The van der Waals surface area contributed by atoms with Crippen molar-refractivity contribution in [1.82, 2.24) is 10.6 Å². The number of rotatable bonds is 4. The smallest absolute Gasteiger partial charge is 0.407 e. The van der Waals surface area contributed by atoms with Gasteiger partial charge in [-0.1, -0.05) is 6.07 Å². The summed E-state index contributed by atoms with van der Waals surface area (Å²) < 4.78 is 14.9. The second-order valence-electron chi connectivity index (χ2n) is 4.26. The van der Waals surface area contributed by atoms with Gasteiger partial charge in [-0.2, -0.15) is 0 Å². The highest BCUT2D eigenvalue weighted by Gasteiger charge is 2.16. The van der Waals surface area contributed by atoms with Crippen LogP contribution in [0.2, 0.25) is 0 Å². The van der Waals surface area contributed by atoms with Gasteiger partial charge in [0.2, 0.25) is 12.7 Å². The van der Waals surface area contributed by atoms with Crippen LogP contribution in [0.25, 0.3) is 0 Å². The van der Waals surface area contributed by atoms with Gasteiger partial charge in [-0.25, -0.2) is 4.79 Å². The zero-order valence-corrected chi connectivity index (χ0v) is 11.3. The van der Waals surface area contributed by atoms with Crippen LogP contribution in [0.4, 0.5) is 4.79 Å². The maximum absolute atomic E-state index is 11.8. The maximum Gasteiger partial charge on any atom is 0.407 e. The lowest BCUT2D eigenvalue weighted by atomic mass is 10.2. The first kappa shape index (κ1) is 14.0. The highest BCUT2D eigenvalue weighted by molar-refractivity contribution is 5.85. The number of benzene rings is 1. The molecule has 1 aromatic carbocycles. The van der Waals surface area contributed by atoms with Crippen LogP contribution < -0.4 is 20.1 Å². The van der Waals surface area contributed by atoms with E-state index in [1.54, 1.807) is 19.1 Å². The van der Waals surface area contributed by atoms with Crippen LogP contribution >= 0.6 is 0 Å². The van der Waals surface area contributed by atoms with Crippen LogP contribution in [-0.4, -0.2) is 31.9 Å². The molecule has 0 fully saturated rings. The van der Waals surface area contributed by atoms with Gasteiger partial charge in [0.15, 0.2) is 11.5 Å². The van der Waals surface area contributed by atoms with Crippen molar-refractivity contribution in [2.24, 2.45) is 0 Å². The summed E-state index contributed by atoms with van der Waals surface area (Å²) in [7, 11) is 1.24. The first-order valence-electron chi connectivity index (χ1n) is 6.11. The zero-order valence-electron chi connectivity index (χ0n) is 11.3. The van der Waals surface area contributed by atoms with E-state index in [1.807, 2.05) is 6.07 Å². The van der Waals surface area contributed by atoms with Gasteiger partial charge in [0.05, 0.1) is 7.11 Å². The van der Waals surface area contributed by atoms with E-state index in [-0.39, 0.29) is 12.7 Å². The molecule has 0 aliphatic carbocycles. The Hall–Kier alpha value is -2.44. The fraction of sp³-hybridized carbons (Fsp3) is 0.385. The van der Waals surface area contributed by atoms with E-state index in [1.165, 1.54) is 7.11 Å². The average Bonchev–Trinajstić information content (AvgIpc) is 2.91. The Labute approximate surface area is 116 Å². The molecule has 2 rings (SSSR count). The van der Waals surface area contributed by atoms with Crippen molar-refractivity contribution in [3.05, 3.63) is 23.8 Å². The number of hydrogen-bond donors (Lipinski definition) is 2. The third-order valence-corrected chi connectivity index (χ3v) is 2.82. The lowest BCUT2D eigenvalue weighted by Gasteiger charge is -2.13. The maximum atomic E-state index is 11.8. The van der Waals surface area contributed by atoms with Gasteiger partial charge in [0.1, 0.15) is 6.04 Å². The topological polar surface area (TPSA) is 85.9 Å². The number of hydrogen-bond acceptors (Lipinski definition) is 5. The Kier molecular flexibility index (Phi) is 4.29. The third kappa shape index (κ3) is 3.31. The molecule has 1 aromatic rings. The molecule has 0 saturated carbocycles. The number of methoxy groups -OCH3 is 1. The molecular formula is C13H16N2O5. The molecule has 7 heteroatoms. The molecule has 0 aromatic heterocycles. The number of amides is 2. The Morgan fingerprint density at radius 3 is 2.85 bits per heavy atom. The second-order valence-corrected chi connectivity index (χ2v) is 4.26. The number of ether oxygens (including phenoxy) is 3. The Balaban J connectivity index is 1.85. The number of nitrogens with one attached hydrogen (secondary N) is 2. The van der Waals surface area contributed by atoms with Crippen LogP contribution in [0.1, 0.15) is 12.5 Å². The predicted octanol–water partition coefficient (Wildman–Crippen LogP) is 0.776. The zero-order chi connectivity index (χ0) is 14.5. The molecule has 0 unspecified atom stereocenters. The SMILES string of the molecule is COC(=O)N[C@@H](C)C(=O)NCc1ccc2c(c1)OCO2. The van der Waals surface area contributed by atoms with Gasteiger partial charge >= 0.3 is 6.09 Å². The van der Waals surface area contributed by atoms with Crippen molar-refractivity contribution in [2.75, 3.05) is 13.9 Å². The fourth-order valence-electron chi connectivity index (χ4n) is 1.69. The van der Waals surface area contributed by atoms with Gasteiger partial charge in [0.25, 0.3) is 0 Å². The highest BCUT2D eigenvalue weighted by atomic mass is 16.7. The van der Waals surface area contributed by atoms with Crippen molar-refractivity contribution in [3.8, 4) is 11.5 Å². The number of carbonyl (C=O) groups is 2. The molecule has 0 bridgehead atoms.